The van der Waals surface area contributed by atoms with Crippen molar-refractivity contribution in [1.29, 1.82) is 0 Å². The summed E-state index contributed by atoms with van der Waals surface area (Å²) in [5.41, 5.74) is 0.776. The first-order valence-electron chi connectivity index (χ1n) is 21.9. The summed E-state index contributed by atoms with van der Waals surface area (Å²) in [6.45, 7) is 5.02. The zero-order chi connectivity index (χ0) is 59.3. The Kier molecular flexibility index (Phi) is 23.9. The molecule has 0 spiro atoms. The van der Waals surface area contributed by atoms with Gasteiger partial charge >= 0.3 is 51.6 Å². The Balaban J connectivity index is 0.000000364. The van der Waals surface area contributed by atoms with Gasteiger partial charge in [-0.2, -0.15) is 0 Å². The van der Waals surface area contributed by atoms with E-state index in [0.29, 0.717) is 11.0 Å². The normalized spacial score (nSPS) is 10.8. The van der Waals surface area contributed by atoms with Gasteiger partial charge in [-0.1, -0.05) is 0 Å². The van der Waals surface area contributed by atoms with Gasteiger partial charge in [0.15, 0.2) is 25.9 Å². The van der Waals surface area contributed by atoms with Crippen LogP contribution in [-0.2, 0) is 48.8 Å². The number of anilines is 1. The van der Waals surface area contributed by atoms with Crippen LogP contribution >= 0.6 is 0 Å². The number of H-pyrrole nitrogens is 2. The molecule has 36 nitrogen and oxygen atoms in total. The lowest BCUT2D eigenvalue weighted by Gasteiger charge is -2.11. The molecule has 0 amide bonds. The Morgan fingerprint density at radius 1 is 0.615 bits per heavy atom. The Morgan fingerprint density at radius 2 is 1.01 bits per heavy atom. The Bertz CT molecular complexity index is 3380. The van der Waals surface area contributed by atoms with Gasteiger partial charge < -0.3 is 44.5 Å². The summed E-state index contributed by atoms with van der Waals surface area (Å²) in [6, 6.07) is 1.68. The van der Waals surface area contributed by atoms with Gasteiger partial charge in [-0.25, -0.2) is 48.6 Å². The predicted octanol–water partition coefficient (Wildman–Crippen LogP) is 0.663. The first kappa shape index (κ1) is 63.5. The van der Waals surface area contributed by atoms with Crippen molar-refractivity contribution in [3.8, 4) is 0 Å². The van der Waals surface area contributed by atoms with E-state index in [1.54, 1.807) is 88.2 Å². The lowest BCUT2D eigenvalue weighted by atomic mass is 10.3. The lowest BCUT2D eigenvalue weighted by Crippen LogP contribution is -2.27. The standard InChI is InChI=1S/C14H20N6O5.C12H15N5O3.C11H15N5O5.C5H6N4O3/c1-10(21)25-9-19-13(22)12(20(23)24)11(6-7-17(2)3)16-14(19)15-8-18(4)5;1-8(18)20-7-17-11(19)10-9(4-5-13-10)15-12(17)14-6-16(2)3;1-7-9(16(19)20)10(18)15(6-21-8(2)17)11(13-7)12-5-14(3)4;1-2-3(9(11)12)4(10)8-5(6)7-2/h6-8H,9H2,1-5H3;4-6,13H,7H2,1-3H3;5H,6H2,1-4H3;1H3,(H3,6,7,8,10)/b7-6+,15-8?;;;. The second-order valence-electron chi connectivity index (χ2n) is 16.2. The number of ether oxygens (including phenoxy) is 3. The average molecular weight is 1100 g/mol. The van der Waals surface area contributed by atoms with Crippen LogP contribution in [0.2, 0.25) is 0 Å². The predicted molar refractivity (Wildman–Crippen MR) is 280 cm³/mol. The first-order chi connectivity index (χ1) is 36.4. The van der Waals surface area contributed by atoms with Gasteiger partial charge in [-0.05, 0) is 26.0 Å². The van der Waals surface area contributed by atoms with Gasteiger partial charge in [0, 0.05) is 89.5 Å². The molecule has 0 aromatic carbocycles. The quantitative estimate of drug-likeness (QED) is 0.0287. The molecule has 0 aliphatic heterocycles. The summed E-state index contributed by atoms with van der Waals surface area (Å²) >= 11 is 0. The third-order valence-corrected chi connectivity index (χ3v) is 8.67. The highest BCUT2D eigenvalue weighted by Crippen LogP contribution is 2.19. The fourth-order valence-corrected chi connectivity index (χ4v) is 5.35. The van der Waals surface area contributed by atoms with E-state index in [2.05, 4.69) is 39.9 Å². The molecule has 0 saturated heterocycles. The van der Waals surface area contributed by atoms with E-state index in [4.69, 9.17) is 19.9 Å². The highest BCUT2D eigenvalue weighted by atomic mass is 16.6. The minimum absolute atomic E-state index is 0.0150. The van der Waals surface area contributed by atoms with Crippen molar-refractivity contribution in [2.24, 2.45) is 15.0 Å². The molecule has 4 N–H and O–H groups in total. The summed E-state index contributed by atoms with van der Waals surface area (Å²) in [6.07, 6.45) is 8.74. The molecule has 0 atom stereocenters. The molecule has 5 aromatic heterocycles. The van der Waals surface area contributed by atoms with Gasteiger partial charge in [0.25, 0.3) is 5.56 Å². The van der Waals surface area contributed by atoms with Crippen LogP contribution in [0.15, 0.2) is 52.6 Å². The number of hydrogen-bond donors (Lipinski definition) is 3. The van der Waals surface area contributed by atoms with E-state index >= 15 is 0 Å². The van der Waals surface area contributed by atoms with Crippen molar-refractivity contribution in [3.63, 3.8) is 0 Å². The van der Waals surface area contributed by atoms with E-state index < -0.39 is 79.9 Å². The number of aliphatic imine (C=N–C) groups is 3. The Morgan fingerprint density at radius 3 is 1.41 bits per heavy atom. The average Bonchev–Trinajstić information content (AvgIpc) is 3.79. The van der Waals surface area contributed by atoms with E-state index in [0.717, 1.165) is 23.0 Å². The van der Waals surface area contributed by atoms with Crippen molar-refractivity contribution >= 4 is 94.9 Å². The summed E-state index contributed by atoms with van der Waals surface area (Å²) in [4.78, 5) is 150. The number of rotatable bonds is 17. The third-order valence-electron chi connectivity index (χ3n) is 8.67. The molecule has 0 unspecified atom stereocenters. The molecule has 0 fully saturated rings. The van der Waals surface area contributed by atoms with Gasteiger partial charge in [0.2, 0.25) is 23.8 Å². The Hall–Kier alpha value is -10.6. The third kappa shape index (κ3) is 19.4. The number of hydrogen-bond acceptors (Lipinski definition) is 25. The highest BCUT2D eigenvalue weighted by molar-refractivity contribution is 5.75. The monoisotopic (exact) mass is 1100 g/mol. The second-order valence-corrected chi connectivity index (χ2v) is 16.2. The van der Waals surface area contributed by atoms with Crippen molar-refractivity contribution in [2.45, 2.75) is 54.8 Å². The second kappa shape index (κ2) is 29.3. The number of carbonyl (C=O) groups is 3. The van der Waals surface area contributed by atoms with Gasteiger partial charge in [-0.15, -0.1) is 0 Å². The van der Waals surface area contributed by atoms with Crippen molar-refractivity contribution in [3.05, 3.63) is 107 Å². The van der Waals surface area contributed by atoms with Crippen LogP contribution in [-0.4, -0.2) is 171 Å². The minimum Gasteiger partial charge on any atom is -0.444 e. The molecule has 78 heavy (non-hydrogen) atoms. The van der Waals surface area contributed by atoms with Crippen molar-refractivity contribution in [1.82, 2.24) is 63.2 Å². The van der Waals surface area contributed by atoms with Crippen LogP contribution in [0.1, 0.15) is 37.9 Å². The molecule has 0 radical (unpaired) electrons. The first-order valence-corrected chi connectivity index (χ1v) is 21.9. The van der Waals surface area contributed by atoms with Crippen LogP contribution in [0.5, 0.6) is 0 Å². The summed E-state index contributed by atoms with van der Waals surface area (Å²) in [5, 5.41) is 32.5. The molecular formula is C42H56N20O16. The van der Waals surface area contributed by atoms with Crippen LogP contribution in [0, 0.1) is 44.2 Å². The molecule has 5 heterocycles. The number of nitrogens with one attached hydrogen (secondary N) is 2. The van der Waals surface area contributed by atoms with E-state index in [-0.39, 0.29) is 53.2 Å². The van der Waals surface area contributed by atoms with Crippen LogP contribution in [0.25, 0.3) is 17.1 Å². The number of aryl methyl sites for hydroxylation is 2. The van der Waals surface area contributed by atoms with Gasteiger partial charge in [0.1, 0.15) is 16.9 Å². The SMILES string of the molecule is CC(=O)OCn1c(N=CN(C)C)nc(/C=C/N(C)C)c([N+](=O)[O-])c1=O.CC(=O)OCn1c(N=CN(C)C)nc(C)c([N+](=O)[O-])c1=O.CC(=O)OCn1c(N=CN(C)C)nc2cc[nH]c2c1=O.Cc1nc(N)[nH]c(=O)c1[N+](=O)[O-]. The van der Waals surface area contributed by atoms with Crippen LogP contribution in [0.3, 0.4) is 0 Å². The number of carbonyl (C=O) groups excluding carboxylic acids is 3. The number of nitro groups is 3. The molecular weight excluding hydrogens is 1040 g/mol. The minimum atomic E-state index is -0.967. The molecule has 420 valence electrons. The van der Waals surface area contributed by atoms with E-state index in [9.17, 15) is 63.9 Å². The fraction of sp³-hybridized carbons (Fsp3) is 0.381. The molecule has 0 saturated carbocycles. The maximum atomic E-state index is 12.5. The number of nitrogens with two attached hydrogens (primary N) is 1. The van der Waals surface area contributed by atoms with Crippen LogP contribution in [0.4, 0.5) is 40.9 Å². The Labute approximate surface area is 439 Å². The van der Waals surface area contributed by atoms with Crippen molar-refractivity contribution < 1.29 is 43.4 Å². The molecule has 0 bridgehead atoms. The number of nitrogens with zero attached hydrogens (tertiary/aromatic N) is 17. The molecule has 5 rings (SSSR count). The number of aromatic amines is 2. The topological polar surface area (TPSA) is 451 Å². The number of nitrogen functional groups attached to an aromatic ring is 1. The summed E-state index contributed by atoms with van der Waals surface area (Å²) in [7, 11) is 13.9. The maximum absolute atomic E-state index is 12.5. The highest BCUT2D eigenvalue weighted by Gasteiger charge is 2.26. The zero-order valence-electron chi connectivity index (χ0n) is 44.4. The number of fused-ring (bicyclic) bond motifs is 1. The largest absolute Gasteiger partial charge is 0.444 e. The van der Waals surface area contributed by atoms with Crippen LogP contribution < -0.4 is 28.0 Å². The van der Waals surface area contributed by atoms with Crippen molar-refractivity contribution in [2.75, 3.05) is 62.1 Å². The van der Waals surface area contributed by atoms with E-state index in [1.165, 1.54) is 56.6 Å². The number of aromatic nitrogens is 9. The van der Waals surface area contributed by atoms with E-state index in [1.807, 2.05) is 4.98 Å². The summed E-state index contributed by atoms with van der Waals surface area (Å²) < 4.78 is 17.2. The molecule has 36 heteroatoms. The number of esters is 3. The smallest absolute Gasteiger partial charge is 0.359 e. The van der Waals surface area contributed by atoms with Gasteiger partial charge in [0.05, 0.1) is 39.3 Å². The molecule has 5 aromatic rings. The zero-order valence-corrected chi connectivity index (χ0v) is 44.4. The summed E-state index contributed by atoms with van der Waals surface area (Å²) in [5.74, 6) is -1.91. The molecule has 0 aliphatic rings. The van der Waals surface area contributed by atoms with Gasteiger partial charge in [-0.3, -0.25) is 68.9 Å². The lowest BCUT2D eigenvalue weighted by molar-refractivity contribution is -0.387. The molecule has 0 aliphatic carbocycles. The fourth-order valence-electron chi connectivity index (χ4n) is 5.35. The maximum Gasteiger partial charge on any atom is 0.359 e.